The molecule has 1 heterocycles. The normalized spacial score (nSPS) is 12.6. The fourth-order valence-electron chi connectivity index (χ4n) is 10.1. The number of fused-ring (bicyclic) bond motifs is 6. The third-order valence-electron chi connectivity index (χ3n) is 13.0. The van der Waals surface area contributed by atoms with Crippen molar-refractivity contribution < 1.29 is 0 Å². The van der Waals surface area contributed by atoms with Gasteiger partial charge in [0.1, 0.15) is 0 Å². The number of hydrogen-bond acceptors (Lipinski definition) is 2. The highest BCUT2D eigenvalue weighted by atomic mass is 32.1. The molecule has 0 fully saturated rings. The van der Waals surface area contributed by atoms with Gasteiger partial charge in [0.2, 0.25) is 0 Å². The van der Waals surface area contributed by atoms with Gasteiger partial charge in [0.25, 0.3) is 0 Å². The molecule has 0 radical (unpaired) electrons. The fourth-order valence-corrected chi connectivity index (χ4v) is 11.3. The van der Waals surface area contributed by atoms with Crippen LogP contribution >= 0.6 is 11.3 Å². The Morgan fingerprint density at radius 1 is 0.302 bits per heavy atom. The highest BCUT2D eigenvalue weighted by molar-refractivity contribution is 7.25. The van der Waals surface area contributed by atoms with E-state index in [9.17, 15) is 0 Å². The Kier molecular flexibility index (Phi) is 8.98. The second-order valence-corrected chi connectivity index (χ2v) is 17.5. The Balaban J connectivity index is 0.955. The summed E-state index contributed by atoms with van der Waals surface area (Å²) < 4.78 is 2.64. The Hall–Kier alpha value is -7.78. The monoisotopic (exact) mass is 819 g/mol. The van der Waals surface area contributed by atoms with Crippen LogP contribution in [0.3, 0.4) is 0 Å². The van der Waals surface area contributed by atoms with Crippen LogP contribution in [-0.2, 0) is 5.41 Å². The molecule has 11 aromatic rings. The third-order valence-corrected chi connectivity index (χ3v) is 14.1. The van der Waals surface area contributed by atoms with Gasteiger partial charge >= 0.3 is 0 Å². The Bertz CT molecular complexity index is 3380. The number of nitrogens with zero attached hydrogens (tertiary/aromatic N) is 1. The lowest BCUT2D eigenvalue weighted by molar-refractivity contribution is 0.768. The van der Waals surface area contributed by atoms with Crippen LogP contribution in [0.5, 0.6) is 0 Å². The molecule has 0 unspecified atom stereocenters. The number of hydrogen-bond donors (Lipinski definition) is 0. The van der Waals surface area contributed by atoms with Crippen molar-refractivity contribution in [3.05, 3.63) is 271 Å². The summed E-state index contributed by atoms with van der Waals surface area (Å²) in [5.41, 5.74) is 17.9. The summed E-state index contributed by atoms with van der Waals surface area (Å²) >= 11 is 1.86. The summed E-state index contributed by atoms with van der Waals surface area (Å²) in [6, 6.07) is 91.3. The molecule has 0 bridgehead atoms. The van der Waals surface area contributed by atoms with Gasteiger partial charge in [-0.05, 0) is 121 Å². The van der Waals surface area contributed by atoms with Crippen molar-refractivity contribution in [3.8, 4) is 44.5 Å². The molecular formula is C61H41NS. The quantitative estimate of drug-likeness (QED) is 0.148. The molecular weight excluding hydrogens is 779 g/mol. The summed E-state index contributed by atoms with van der Waals surface area (Å²) in [5, 5.41) is 2.64. The van der Waals surface area contributed by atoms with Gasteiger partial charge in [-0.25, -0.2) is 0 Å². The van der Waals surface area contributed by atoms with Gasteiger partial charge in [0.15, 0.2) is 0 Å². The van der Waals surface area contributed by atoms with E-state index in [0.29, 0.717) is 0 Å². The molecule has 1 nitrogen and oxygen atoms in total. The van der Waals surface area contributed by atoms with Crippen molar-refractivity contribution in [2.24, 2.45) is 0 Å². The first-order chi connectivity index (χ1) is 31.2. The van der Waals surface area contributed by atoms with E-state index < -0.39 is 5.41 Å². The smallest absolute Gasteiger partial charge is 0.0713 e. The molecule has 0 amide bonds. The fraction of sp³-hybridized carbons (Fsp3) is 0.0164. The topological polar surface area (TPSA) is 3.24 Å². The molecule has 1 aromatic heterocycles. The molecule has 12 rings (SSSR count). The molecule has 296 valence electrons. The van der Waals surface area contributed by atoms with Crippen LogP contribution in [0.4, 0.5) is 17.1 Å². The molecule has 0 spiro atoms. The minimum atomic E-state index is -0.412. The molecule has 1 aliphatic rings. The number of thiophene rings is 1. The average Bonchev–Trinajstić information content (AvgIpc) is 3.89. The van der Waals surface area contributed by atoms with Crippen LogP contribution in [0.15, 0.2) is 249 Å². The Morgan fingerprint density at radius 3 is 1.54 bits per heavy atom. The van der Waals surface area contributed by atoms with Crippen LogP contribution in [-0.4, -0.2) is 0 Å². The van der Waals surface area contributed by atoms with Crippen molar-refractivity contribution in [1.82, 2.24) is 0 Å². The SMILES string of the molecule is c1ccc(-c2cccc(N(c3ccc(-c4ccc5c(c4)-c4ccccc4C5(c4ccccc4)c4ccccc4)cc3)c3ccc(-c4cccc5sc6ccccc6c45)cc3)c2)cc1. The van der Waals surface area contributed by atoms with E-state index in [4.69, 9.17) is 0 Å². The molecule has 10 aromatic carbocycles. The first-order valence-corrected chi connectivity index (χ1v) is 22.5. The van der Waals surface area contributed by atoms with Gasteiger partial charge < -0.3 is 4.90 Å². The summed E-state index contributed by atoms with van der Waals surface area (Å²) in [4.78, 5) is 2.38. The first kappa shape index (κ1) is 37.0. The zero-order chi connectivity index (χ0) is 41.7. The highest BCUT2D eigenvalue weighted by Crippen LogP contribution is 2.56. The van der Waals surface area contributed by atoms with Gasteiger partial charge in [-0.15, -0.1) is 11.3 Å². The van der Waals surface area contributed by atoms with Crippen molar-refractivity contribution in [2.75, 3.05) is 4.90 Å². The lowest BCUT2D eigenvalue weighted by Crippen LogP contribution is -2.28. The lowest BCUT2D eigenvalue weighted by Gasteiger charge is -2.33. The lowest BCUT2D eigenvalue weighted by atomic mass is 9.67. The van der Waals surface area contributed by atoms with Crippen molar-refractivity contribution in [2.45, 2.75) is 5.41 Å². The van der Waals surface area contributed by atoms with Crippen molar-refractivity contribution >= 4 is 48.6 Å². The zero-order valence-electron chi connectivity index (χ0n) is 34.5. The van der Waals surface area contributed by atoms with E-state index in [1.165, 1.54) is 86.9 Å². The number of rotatable bonds is 8. The van der Waals surface area contributed by atoms with Crippen LogP contribution < -0.4 is 4.90 Å². The van der Waals surface area contributed by atoms with Crippen molar-refractivity contribution in [3.63, 3.8) is 0 Å². The highest BCUT2D eigenvalue weighted by Gasteiger charge is 2.45. The van der Waals surface area contributed by atoms with E-state index in [-0.39, 0.29) is 0 Å². The summed E-state index contributed by atoms with van der Waals surface area (Å²) in [7, 11) is 0. The second kappa shape index (κ2) is 15.3. The average molecular weight is 820 g/mol. The third kappa shape index (κ3) is 6.14. The minimum absolute atomic E-state index is 0.412. The van der Waals surface area contributed by atoms with E-state index >= 15 is 0 Å². The maximum Gasteiger partial charge on any atom is 0.0713 e. The first-order valence-electron chi connectivity index (χ1n) is 21.7. The van der Waals surface area contributed by atoms with Gasteiger partial charge in [0.05, 0.1) is 5.41 Å². The van der Waals surface area contributed by atoms with Gasteiger partial charge in [-0.1, -0.05) is 194 Å². The molecule has 1 aliphatic carbocycles. The van der Waals surface area contributed by atoms with Crippen molar-refractivity contribution in [1.29, 1.82) is 0 Å². The van der Waals surface area contributed by atoms with Gasteiger partial charge in [-0.2, -0.15) is 0 Å². The van der Waals surface area contributed by atoms with E-state index in [0.717, 1.165) is 17.1 Å². The Morgan fingerprint density at radius 2 is 0.810 bits per heavy atom. The largest absolute Gasteiger partial charge is 0.310 e. The maximum absolute atomic E-state index is 2.41. The van der Waals surface area contributed by atoms with Crippen LogP contribution in [0.2, 0.25) is 0 Å². The molecule has 0 saturated carbocycles. The predicted molar refractivity (Wildman–Crippen MR) is 268 cm³/mol. The number of anilines is 3. The Labute approximate surface area is 372 Å². The molecule has 63 heavy (non-hydrogen) atoms. The zero-order valence-corrected chi connectivity index (χ0v) is 35.3. The molecule has 0 saturated heterocycles. The van der Waals surface area contributed by atoms with Crippen LogP contribution in [0, 0.1) is 0 Å². The molecule has 2 heteroatoms. The van der Waals surface area contributed by atoms with E-state index in [2.05, 4.69) is 254 Å². The maximum atomic E-state index is 2.41. The van der Waals surface area contributed by atoms with Crippen LogP contribution in [0.1, 0.15) is 22.3 Å². The summed E-state index contributed by atoms with van der Waals surface area (Å²) in [5.74, 6) is 0. The van der Waals surface area contributed by atoms with E-state index in [1.807, 2.05) is 11.3 Å². The van der Waals surface area contributed by atoms with Gasteiger partial charge in [-0.3, -0.25) is 0 Å². The van der Waals surface area contributed by atoms with Gasteiger partial charge in [0, 0.05) is 37.2 Å². The predicted octanol–water partition coefficient (Wildman–Crippen LogP) is 16.9. The molecule has 0 N–H and O–H groups in total. The second-order valence-electron chi connectivity index (χ2n) is 16.4. The summed E-state index contributed by atoms with van der Waals surface area (Å²) in [6.45, 7) is 0. The standard InChI is InChI=1S/C61H41NS/c1-4-16-42(17-5-1)45-18-14-23-51(40-45)62(50-37-32-44(33-38-50)52-26-15-29-59-60(52)54-25-11-13-28-58(54)63-59)49-35-30-43(31-36-49)46-34-39-57-55(41-46)53-24-10-12-27-56(53)61(57,47-19-6-2-7-20-47)48-21-8-3-9-22-48/h1-41H. The molecule has 0 aliphatic heterocycles. The summed E-state index contributed by atoms with van der Waals surface area (Å²) in [6.07, 6.45) is 0. The minimum Gasteiger partial charge on any atom is -0.310 e. The van der Waals surface area contributed by atoms with E-state index in [1.54, 1.807) is 0 Å². The molecule has 0 atom stereocenters. The van der Waals surface area contributed by atoms with Crippen LogP contribution in [0.25, 0.3) is 64.7 Å². The number of benzene rings is 10.